The summed E-state index contributed by atoms with van der Waals surface area (Å²) < 4.78 is 2.26. The van der Waals surface area contributed by atoms with Crippen molar-refractivity contribution >= 4 is 17.1 Å². The summed E-state index contributed by atoms with van der Waals surface area (Å²) in [5.74, 6) is 0. The lowest BCUT2D eigenvalue weighted by Crippen LogP contribution is -2.09. The second kappa shape index (κ2) is 5.45. The van der Waals surface area contributed by atoms with Crippen molar-refractivity contribution in [2.45, 2.75) is 25.8 Å². The molecule has 1 aliphatic rings. The van der Waals surface area contributed by atoms with Crippen molar-refractivity contribution < 1.29 is 4.92 Å². The van der Waals surface area contributed by atoms with Gasteiger partial charge in [-0.2, -0.15) is 0 Å². The Hall–Kier alpha value is -2.17. The molecule has 0 N–H and O–H groups in total. The van der Waals surface area contributed by atoms with Gasteiger partial charge in [0.2, 0.25) is 6.54 Å². The Morgan fingerprint density at radius 3 is 3.00 bits per heavy atom. The van der Waals surface area contributed by atoms with E-state index in [9.17, 15) is 10.1 Å². The van der Waals surface area contributed by atoms with Crippen LogP contribution in [0.5, 0.6) is 0 Å². The topological polar surface area (TPSA) is 60.4 Å². The van der Waals surface area contributed by atoms with Crippen molar-refractivity contribution in [1.29, 1.82) is 0 Å². The highest BCUT2D eigenvalue weighted by Gasteiger charge is 2.17. The van der Waals surface area contributed by atoms with Crippen molar-refractivity contribution in [3.63, 3.8) is 0 Å². The molecule has 0 unspecified atom stereocenters. The van der Waals surface area contributed by atoms with Crippen LogP contribution in [0.1, 0.15) is 24.1 Å². The van der Waals surface area contributed by atoms with E-state index in [2.05, 4.69) is 27.8 Å². The van der Waals surface area contributed by atoms with Crippen molar-refractivity contribution in [3.8, 4) is 0 Å². The SMILES string of the molecule is O=[N+]([O-])CCCCn1c2c(c3ccccc31)CCN=C2. The first-order valence-corrected chi connectivity index (χ1v) is 6.99. The van der Waals surface area contributed by atoms with Crippen LogP contribution in [0.15, 0.2) is 29.3 Å². The summed E-state index contributed by atoms with van der Waals surface area (Å²) in [5.41, 5.74) is 3.76. The second-order valence-electron chi connectivity index (χ2n) is 5.08. The molecule has 2 heterocycles. The van der Waals surface area contributed by atoms with Crippen LogP contribution < -0.4 is 0 Å². The Balaban J connectivity index is 1.90. The minimum atomic E-state index is -0.245. The summed E-state index contributed by atoms with van der Waals surface area (Å²) in [5, 5.41) is 11.7. The fourth-order valence-electron chi connectivity index (χ4n) is 2.88. The maximum atomic E-state index is 10.4. The highest BCUT2D eigenvalue weighted by molar-refractivity contribution is 5.95. The third kappa shape index (κ3) is 2.31. The molecule has 0 amide bonds. The molecular weight excluding hydrogens is 254 g/mol. The standard InChI is InChI=1S/C15H17N3O2/c19-18(20)10-4-3-9-17-14-6-2-1-5-12(14)13-7-8-16-11-15(13)17/h1-2,5-6,11H,3-4,7-10H2. The molecule has 5 nitrogen and oxygen atoms in total. The Morgan fingerprint density at radius 2 is 2.15 bits per heavy atom. The van der Waals surface area contributed by atoms with Gasteiger partial charge in [0.15, 0.2) is 0 Å². The first-order valence-electron chi connectivity index (χ1n) is 6.99. The van der Waals surface area contributed by atoms with Crippen LogP contribution in [0, 0.1) is 10.1 Å². The summed E-state index contributed by atoms with van der Waals surface area (Å²) in [4.78, 5) is 14.5. The molecule has 0 aliphatic carbocycles. The highest BCUT2D eigenvalue weighted by Crippen LogP contribution is 2.27. The van der Waals surface area contributed by atoms with Crippen LogP contribution in [-0.4, -0.2) is 28.8 Å². The van der Waals surface area contributed by atoms with E-state index < -0.39 is 0 Å². The van der Waals surface area contributed by atoms with E-state index in [1.807, 2.05) is 12.3 Å². The fraction of sp³-hybridized carbons (Fsp3) is 0.400. The third-order valence-electron chi connectivity index (χ3n) is 3.80. The number of hydrogen-bond donors (Lipinski definition) is 0. The van der Waals surface area contributed by atoms with Gasteiger partial charge in [-0.25, -0.2) is 0 Å². The molecule has 1 aliphatic heterocycles. The molecule has 5 heteroatoms. The van der Waals surface area contributed by atoms with Gasteiger partial charge in [-0.3, -0.25) is 15.1 Å². The summed E-state index contributed by atoms with van der Waals surface area (Å²) in [6, 6.07) is 8.37. The van der Waals surface area contributed by atoms with Crippen LogP contribution >= 0.6 is 0 Å². The molecule has 3 rings (SSSR count). The van der Waals surface area contributed by atoms with Gasteiger partial charge in [0.1, 0.15) is 0 Å². The number of hydrogen-bond acceptors (Lipinski definition) is 3. The number of aryl methyl sites for hydroxylation is 1. The van der Waals surface area contributed by atoms with E-state index in [-0.39, 0.29) is 11.5 Å². The number of benzene rings is 1. The Bertz CT molecular complexity index is 673. The molecule has 0 radical (unpaired) electrons. The van der Waals surface area contributed by atoms with Crippen LogP contribution in [0.4, 0.5) is 0 Å². The first kappa shape index (κ1) is 12.8. The number of fused-ring (bicyclic) bond motifs is 3. The zero-order chi connectivity index (χ0) is 13.9. The minimum absolute atomic E-state index is 0.0511. The van der Waals surface area contributed by atoms with E-state index in [1.165, 1.54) is 22.2 Å². The number of nitro groups is 1. The molecule has 2 aromatic rings. The largest absolute Gasteiger partial charge is 0.340 e. The van der Waals surface area contributed by atoms with Crippen LogP contribution in [-0.2, 0) is 13.0 Å². The van der Waals surface area contributed by atoms with Gasteiger partial charge in [0.05, 0.1) is 5.69 Å². The van der Waals surface area contributed by atoms with Crippen molar-refractivity contribution in [1.82, 2.24) is 4.57 Å². The third-order valence-corrected chi connectivity index (χ3v) is 3.80. The molecule has 104 valence electrons. The van der Waals surface area contributed by atoms with E-state index in [1.54, 1.807) is 0 Å². The van der Waals surface area contributed by atoms with Crippen LogP contribution in [0.2, 0.25) is 0 Å². The van der Waals surface area contributed by atoms with E-state index in [4.69, 9.17) is 0 Å². The molecule has 0 saturated carbocycles. The Labute approximate surface area is 117 Å². The number of aromatic nitrogens is 1. The predicted octanol–water partition coefficient (Wildman–Crippen LogP) is 2.67. The summed E-state index contributed by atoms with van der Waals surface area (Å²) >= 11 is 0. The molecule has 0 atom stereocenters. The number of para-hydroxylation sites is 1. The lowest BCUT2D eigenvalue weighted by atomic mass is 10.1. The van der Waals surface area contributed by atoms with Crippen molar-refractivity contribution in [3.05, 3.63) is 45.6 Å². The maximum absolute atomic E-state index is 10.4. The van der Waals surface area contributed by atoms with Gasteiger partial charge < -0.3 is 4.57 Å². The number of unbranched alkanes of at least 4 members (excludes halogenated alkanes) is 1. The Morgan fingerprint density at radius 1 is 1.30 bits per heavy atom. The van der Waals surface area contributed by atoms with Gasteiger partial charge in [0, 0.05) is 41.6 Å². The minimum Gasteiger partial charge on any atom is -0.340 e. The summed E-state index contributed by atoms with van der Waals surface area (Å²) in [6.45, 7) is 1.72. The van der Waals surface area contributed by atoms with Crippen molar-refractivity contribution in [2.75, 3.05) is 13.1 Å². The molecular formula is C15H17N3O2. The summed E-state index contributed by atoms with van der Waals surface area (Å²) in [7, 11) is 0. The normalized spacial score (nSPS) is 13.6. The smallest absolute Gasteiger partial charge is 0.203 e. The number of nitrogens with zero attached hydrogens (tertiary/aromatic N) is 3. The molecule has 0 saturated heterocycles. The van der Waals surface area contributed by atoms with Gasteiger partial charge in [0.25, 0.3) is 0 Å². The average molecular weight is 271 g/mol. The van der Waals surface area contributed by atoms with Gasteiger partial charge in [-0.05, 0) is 24.5 Å². The van der Waals surface area contributed by atoms with Crippen molar-refractivity contribution in [2.24, 2.45) is 4.99 Å². The zero-order valence-electron chi connectivity index (χ0n) is 11.3. The fourth-order valence-corrected chi connectivity index (χ4v) is 2.88. The van der Waals surface area contributed by atoms with Gasteiger partial charge in [-0.1, -0.05) is 18.2 Å². The van der Waals surface area contributed by atoms with Gasteiger partial charge >= 0.3 is 0 Å². The molecule has 0 fully saturated rings. The first-order chi connectivity index (χ1) is 9.77. The molecule has 1 aromatic carbocycles. The number of rotatable bonds is 5. The molecule has 1 aromatic heterocycles. The van der Waals surface area contributed by atoms with E-state index in [0.717, 1.165) is 25.9 Å². The zero-order valence-corrected chi connectivity index (χ0v) is 11.3. The predicted molar refractivity (Wildman–Crippen MR) is 79.2 cm³/mol. The van der Waals surface area contributed by atoms with Crippen LogP contribution in [0.25, 0.3) is 10.9 Å². The lowest BCUT2D eigenvalue weighted by Gasteiger charge is -2.10. The van der Waals surface area contributed by atoms with Gasteiger partial charge in [-0.15, -0.1) is 0 Å². The van der Waals surface area contributed by atoms with Crippen LogP contribution in [0.3, 0.4) is 0 Å². The summed E-state index contributed by atoms with van der Waals surface area (Å²) in [6.07, 6.45) is 4.37. The average Bonchev–Trinajstić information content (AvgIpc) is 2.78. The monoisotopic (exact) mass is 271 g/mol. The lowest BCUT2D eigenvalue weighted by molar-refractivity contribution is -0.480. The molecule has 0 spiro atoms. The van der Waals surface area contributed by atoms with E-state index in [0.29, 0.717) is 6.42 Å². The maximum Gasteiger partial charge on any atom is 0.203 e. The molecule has 0 bridgehead atoms. The Kier molecular flexibility index (Phi) is 3.50. The van der Waals surface area contributed by atoms with E-state index >= 15 is 0 Å². The number of aliphatic imine (C=N–C) groups is 1. The second-order valence-corrected chi connectivity index (χ2v) is 5.08. The molecule has 20 heavy (non-hydrogen) atoms. The quantitative estimate of drug-likeness (QED) is 0.477. The highest BCUT2D eigenvalue weighted by atomic mass is 16.6.